The van der Waals surface area contributed by atoms with Crippen molar-refractivity contribution in [1.29, 1.82) is 0 Å². The first-order valence-electron chi connectivity index (χ1n) is 7.40. The van der Waals surface area contributed by atoms with Gasteiger partial charge in [-0.15, -0.1) is 0 Å². The van der Waals surface area contributed by atoms with Crippen LogP contribution < -0.4 is 0 Å². The Morgan fingerprint density at radius 3 is 2.46 bits per heavy atom. The molecule has 0 bridgehead atoms. The molecule has 1 aromatic carbocycles. The van der Waals surface area contributed by atoms with Gasteiger partial charge in [-0.25, -0.2) is 0 Å². The van der Waals surface area contributed by atoms with Crippen LogP contribution in [-0.4, -0.2) is 27.9 Å². The summed E-state index contributed by atoms with van der Waals surface area (Å²) >= 11 is 7.25. The lowest BCUT2D eigenvalue weighted by molar-refractivity contribution is -0.166. The highest BCUT2D eigenvalue weighted by Gasteiger charge is 2.45. The average Bonchev–Trinajstić information content (AvgIpc) is 2.54. The predicted molar refractivity (Wildman–Crippen MR) is 96.2 cm³/mol. The van der Waals surface area contributed by atoms with E-state index in [2.05, 4.69) is 36.8 Å². The fourth-order valence-electron chi connectivity index (χ4n) is 3.04. The molecule has 7 heteroatoms. The maximum absolute atomic E-state index is 11.7. The maximum atomic E-state index is 11.7. The third-order valence-electron chi connectivity index (χ3n) is 3.93. The zero-order valence-electron chi connectivity index (χ0n) is 13.0. The molecule has 0 saturated heterocycles. The highest BCUT2D eigenvalue weighted by molar-refractivity contribution is 9.12. The Morgan fingerprint density at radius 2 is 1.79 bits per heavy atom. The summed E-state index contributed by atoms with van der Waals surface area (Å²) in [6.45, 7) is 2.69. The largest absolute Gasteiger partial charge is 0.457 e. The number of esters is 2. The SMILES string of the molecule is CC(=O)O[C@@H]1[C@@H](Br)[C@H](Br)c2ccc3ncccc3c2[C@H]1OC(C)=O. The van der Waals surface area contributed by atoms with E-state index in [4.69, 9.17) is 9.47 Å². The lowest BCUT2D eigenvalue weighted by Crippen LogP contribution is -2.41. The molecular formula is C17H15Br2NO4. The van der Waals surface area contributed by atoms with Gasteiger partial charge >= 0.3 is 11.9 Å². The second kappa shape index (κ2) is 6.80. The Bertz CT molecular complexity index is 810. The fourth-order valence-corrected chi connectivity index (χ4v) is 4.41. The Morgan fingerprint density at radius 1 is 1.08 bits per heavy atom. The summed E-state index contributed by atoms with van der Waals surface area (Å²) in [5, 5.41) is 0.877. The first-order valence-corrected chi connectivity index (χ1v) is 9.23. The van der Waals surface area contributed by atoms with Gasteiger partial charge in [0.05, 0.1) is 15.2 Å². The number of ether oxygens (including phenoxy) is 2. The molecular weight excluding hydrogens is 442 g/mol. The fraction of sp³-hybridized carbons (Fsp3) is 0.353. The van der Waals surface area contributed by atoms with E-state index >= 15 is 0 Å². The van der Waals surface area contributed by atoms with Crippen LogP contribution in [-0.2, 0) is 19.1 Å². The second-order valence-electron chi connectivity index (χ2n) is 5.59. The number of nitrogens with zero attached hydrogens (tertiary/aromatic N) is 1. The summed E-state index contributed by atoms with van der Waals surface area (Å²) in [5.41, 5.74) is 2.59. The Hall–Kier alpha value is -1.47. The van der Waals surface area contributed by atoms with Crippen molar-refractivity contribution in [3.63, 3.8) is 0 Å². The average molecular weight is 457 g/mol. The summed E-state index contributed by atoms with van der Waals surface area (Å²) in [4.78, 5) is 27.2. The molecule has 1 aromatic heterocycles. The van der Waals surface area contributed by atoms with E-state index in [1.807, 2.05) is 24.3 Å². The summed E-state index contributed by atoms with van der Waals surface area (Å²) in [6, 6.07) is 7.65. The predicted octanol–water partition coefficient (Wildman–Crippen LogP) is 3.98. The highest BCUT2D eigenvalue weighted by atomic mass is 79.9. The molecule has 1 aliphatic rings. The van der Waals surface area contributed by atoms with Crippen LogP contribution in [0.2, 0.25) is 0 Å². The van der Waals surface area contributed by atoms with E-state index in [-0.39, 0.29) is 9.65 Å². The number of halogens is 2. The number of aromatic nitrogens is 1. The Kier molecular flexibility index (Phi) is 4.92. The van der Waals surface area contributed by atoms with Crippen LogP contribution in [0.15, 0.2) is 30.5 Å². The van der Waals surface area contributed by atoms with Crippen LogP contribution in [0.25, 0.3) is 10.9 Å². The van der Waals surface area contributed by atoms with Crippen molar-refractivity contribution in [1.82, 2.24) is 4.98 Å². The van der Waals surface area contributed by atoms with Crippen molar-refractivity contribution < 1.29 is 19.1 Å². The van der Waals surface area contributed by atoms with Crippen LogP contribution in [0.1, 0.15) is 35.9 Å². The van der Waals surface area contributed by atoms with Crippen LogP contribution >= 0.6 is 31.9 Å². The number of carbonyl (C=O) groups excluding carboxylic acids is 2. The van der Waals surface area contributed by atoms with E-state index in [9.17, 15) is 9.59 Å². The van der Waals surface area contributed by atoms with Crippen molar-refractivity contribution in [3.8, 4) is 0 Å². The molecule has 0 saturated carbocycles. The molecule has 126 valence electrons. The van der Waals surface area contributed by atoms with E-state index in [0.717, 1.165) is 22.0 Å². The third kappa shape index (κ3) is 3.07. The van der Waals surface area contributed by atoms with Crippen molar-refractivity contribution in [2.24, 2.45) is 0 Å². The molecule has 0 radical (unpaired) electrons. The van der Waals surface area contributed by atoms with Gasteiger partial charge < -0.3 is 9.47 Å². The van der Waals surface area contributed by atoms with E-state index < -0.39 is 24.1 Å². The summed E-state index contributed by atoms with van der Waals surface area (Å²) in [7, 11) is 0. The van der Waals surface area contributed by atoms with Crippen LogP contribution in [0.5, 0.6) is 0 Å². The van der Waals surface area contributed by atoms with Gasteiger partial charge in [-0.1, -0.05) is 44.0 Å². The van der Waals surface area contributed by atoms with E-state index in [1.54, 1.807) is 6.20 Å². The zero-order chi connectivity index (χ0) is 17.4. The highest BCUT2D eigenvalue weighted by Crippen LogP contribution is 2.49. The first kappa shape index (κ1) is 17.4. The lowest BCUT2D eigenvalue weighted by atomic mass is 9.84. The number of carbonyl (C=O) groups is 2. The minimum absolute atomic E-state index is 0.103. The summed E-state index contributed by atoms with van der Waals surface area (Å²) in [6.07, 6.45) is 0.363. The standard InChI is InChI=1S/C17H15Br2NO4/c1-8(21)23-16-13-10-4-3-7-20-12(10)6-5-11(13)14(18)15(19)17(16)24-9(2)22/h3-7,14-17H,1-2H3/t14-,15+,16-,17-/m1/s1. The number of fused-ring (bicyclic) bond motifs is 3. The van der Waals surface area contributed by atoms with Gasteiger partial charge in [0.25, 0.3) is 0 Å². The molecule has 24 heavy (non-hydrogen) atoms. The molecule has 0 fully saturated rings. The molecule has 4 atom stereocenters. The minimum Gasteiger partial charge on any atom is -0.457 e. The number of rotatable bonds is 2. The molecule has 0 aliphatic heterocycles. The lowest BCUT2D eigenvalue weighted by Gasteiger charge is -2.39. The quantitative estimate of drug-likeness (QED) is 0.505. The smallest absolute Gasteiger partial charge is 0.303 e. The van der Waals surface area contributed by atoms with Crippen molar-refractivity contribution in [2.75, 3.05) is 0 Å². The van der Waals surface area contributed by atoms with Gasteiger partial charge in [-0.3, -0.25) is 14.6 Å². The van der Waals surface area contributed by atoms with Gasteiger partial charge in [-0.2, -0.15) is 0 Å². The molecule has 5 nitrogen and oxygen atoms in total. The van der Waals surface area contributed by atoms with Crippen LogP contribution in [0.3, 0.4) is 0 Å². The van der Waals surface area contributed by atoms with Crippen molar-refractivity contribution in [3.05, 3.63) is 41.6 Å². The van der Waals surface area contributed by atoms with Gasteiger partial charge in [0.15, 0.2) is 12.2 Å². The molecule has 0 N–H and O–H groups in total. The molecule has 0 unspecified atom stereocenters. The van der Waals surface area contributed by atoms with Crippen molar-refractivity contribution >= 4 is 54.7 Å². The van der Waals surface area contributed by atoms with Gasteiger partial charge in [0.1, 0.15) is 0 Å². The van der Waals surface area contributed by atoms with Gasteiger partial charge in [0.2, 0.25) is 0 Å². The van der Waals surface area contributed by atoms with Gasteiger partial charge in [0, 0.05) is 31.0 Å². The first-order chi connectivity index (χ1) is 11.4. The third-order valence-corrected chi connectivity index (χ3v) is 6.75. The molecule has 0 spiro atoms. The molecule has 0 amide bonds. The summed E-state index contributed by atoms with van der Waals surface area (Å²) < 4.78 is 11.0. The van der Waals surface area contributed by atoms with Crippen molar-refractivity contribution in [2.45, 2.75) is 35.7 Å². The van der Waals surface area contributed by atoms with Crippen LogP contribution in [0.4, 0.5) is 0 Å². The minimum atomic E-state index is -0.701. The number of hydrogen-bond acceptors (Lipinski definition) is 5. The van der Waals surface area contributed by atoms with Crippen LogP contribution in [0, 0.1) is 0 Å². The number of pyridine rings is 1. The maximum Gasteiger partial charge on any atom is 0.303 e. The topological polar surface area (TPSA) is 65.5 Å². The molecule has 2 aromatic rings. The number of alkyl halides is 2. The number of benzene rings is 1. The molecule has 1 heterocycles. The second-order valence-corrected chi connectivity index (χ2v) is 7.63. The van der Waals surface area contributed by atoms with E-state index in [1.165, 1.54) is 13.8 Å². The van der Waals surface area contributed by atoms with Gasteiger partial charge in [-0.05, 0) is 17.7 Å². The number of hydrogen-bond donors (Lipinski definition) is 0. The molecule has 3 rings (SSSR count). The zero-order valence-corrected chi connectivity index (χ0v) is 16.2. The summed E-state index contributed by atoms with van der Waals surface area (Å²) in [5.74, 6) is -0.861. The molecule has 1 aliphatic carbocycles. The Labute approximate surface area is 156 Å². The van der Waals surface area contributed by atoms with E-state index in [0.29, 0.717) is 0 Å². The monoisotopic (exact) mass is 455 g/mol. The normalized spacial score (nSPS) is 25.8. The Balaban J connectivity index is 2.24.